The third-order valence-corrected chi connectivity index (χ3v) is 8.43. The van der Waals surface area contributed by atoms with Crippen molar-refractivity contribution < 1.29 is 13.9 Å². The molecule has 3 rings (SSSR count). The first-order chi connectivity index (χ1) is 14.8. The molecular weight excluding hydrogens is 418 g/mol. The Bertz CT molecular complexity index is 1020. The maximum atomic E-state index is 12.8. The number of rotatable bonds is 5. The van der Waals surface area contributed by atoms with Crippen LogP contribution in [0.5, 0.6) is 0 Å². The molecule has 0 saturated carbocycles. The second-order valence-corrected chi connectivity index (χ2v) is 12.8. The van der Waals surface area contributed by atoms with Gasteiger partial charge in [-0.1, -0.05) is 65.8 Å². The highest BCUT2D eigenvalue weighted by atomic mass is 32.3. The van der Waals surface area contributed by atoms with Crippen LogP contribution in [0.1, 0.15) is 93.2 Å². The Morgan fingerprint density at radius 3 is 2.22 bits per heavy atom. The lowest BCUT2D eigenvalue weighted by molar-refractivity contribution is -0.117. The van der Waals surface area contributed by atoms with Crippen molar-refractivity contribution in [3.63, 3.8) is 0 Å². The topological polar surface area (TPSA) is 69.6 Å². The van der Waals surface area contributed by atoms with Crippen LogP contribution in [0.2, 0.25) is 0 Å². The Labute approximate surface area is 195 Å². The van der Waals surface area contributed by atoms with E-state index in [1.54, 1.807) is 0 Å². The molecule has 0 fully saturated rings. The highest BCUT2D eigenvalue weighted by Crippen LogP contribution is 2.64. The van der Waals surface area contributed by atoms with Crippen molar-refractivity contribution in [2.75, 3.05) is 11.1 Å². The van der Waals surface area contributed by atoms with Crippen molar-refractivity contribution >= 4 is 22.2 Å². The highest BCUT2D eigenvalue weighted by molar-refractivity contribution is 8.24. The molecule has 0 radical (unpaired) electrons. The summed E-state index contributed by atoms with van der Waals surface area (Å²) in [4.78, 5) is 13.5. The molecule has 0 aliphatic carbocycles. The van der Waals surface area contributed by atoms with E-state index in [1.807, 2.05) is 20.8 Å². The molecule has 1 heterocycles. The van der Waals surface area contributed by atoms with Crippen LogP contribution < -0.4 is 5.32 Å². The van der Waals surface area contributed by atoms with E-state index in [0.717, 1.165) is 33.5 Å². The van der Waals surface area contributed by atoms with Crippen LogP contribution in [0.3, 0.4) is 0 Å². The molecule has 1 aliphatic heterocycles. The van der Waals surface area contributed by atoms with E-state index in [4.69, 9.17) is 0 Å². The standard InChI is InChI=1S/C27H39NO3S/c1-9-21-17(4)25(28-23(29)14-27(6,7)8)18(5)24-22(15-32(30,31)26(21)24)20-12-10-19(11-13-20)16(2)3/h10-13,16,22,30-31H,9,14-15H2,1-8H3,(H,28,29). The van der Waals surface area contributed by atoms with Gasteiger partial charge in [-0.05, 0) is 65.0 Å². The molecule has 1 unspecified atom stereocenters. The smallest absolute Gasteiger partial charge is 0.224 e. The Morgan fingerprint density at radius 1 is 1.12 bits per heavy atom. The fraction of sp³-hybridized carbons (Fsp3) is 0.519. The van der Waals surface area contributed by atoms with Crippen molar-refractivity contribution in [1.82, 2.24) is 0 Å². The molecule has 0 aromatic heterocycles. The van der Waals surface area contributed by atoms with E-state index < -0.39 is 10.6 Å². The molecule has 1 aliphatic rings. The molecule has 1 amide bonds. The molecule has 176 valence electrons. The summed E-state index contributed by atoms with van der Waals surface area (Å²) in [6, 6.07) is 8.51. The highest BCUT2D eigenvalue weighted by Gasteiger charge is 2.40. The van der Waals surface area contributed by atoms with E-state index >= 15 is 0 Å². The Balaban J connectivity index is 2.16. The first-order valence-electron chi connectivity index (χ1n) is 11.6. The summed E-state index contributed by atoms with van der Waals surface area (Å²) in [5.74, 6) is 0.644. The van der Waals surface area contributed by atoms with Crippen molar-refractivity contribution in [2.45, 2.75) is 85.0 Å². The molecule has 2 aromatic carbocycles. The van der Waals surface area contributed by atoms with Gasteiger partial charge in [-0.15, -0.1) is 0 Å². The van der Waals surface area contributed by atoms with Crippen LogP contribution in [0.25, 0.3) is 0 Å². The maximum absolute atomic E-state index is 12.8. The van der Waals surface area contributed by atoms with Crippen LogP contribution in [-0.2, 0) is 11.2 Å². The lowest BCUT2D eigenvalue weighted by atomic mass is 9.85. The Kier molecular flexibility index (Phi) is 6.86. The van der Waals surface area contributed by atoms with E-state index in [-0.39, 0.29) is 17.2 Å². The largest absolute Gasteiger partial charge is 0.326 e. The predicted molar refractivity (Wildman–Crippen MR) is 136 cm³/mol. The van der Waals surface area contributed by atoms with Crippen molar-refractivity contribution in [2.24, 2.45) is 5.41 Å². The molecule has 0 saturated heterocycles. The van der Waals surface area contributed by atoms with Gasteiger partial charge < -0.3 is 5.32 Å². The molecule has 1 atom stereocenters. The summed E-state index contributed by atoms with van der Waals surface area (Å²) in [6.45, 7) is 16.5. The molecule has 3 N–H and O–H groups in total. The van der Waals surface area contributed by atoms with Crippen LogP contribution >= 0.6 is 10.6 Å². The zero-order valence-electron chi connectivity index (χ0n) is 20.8. The summed E-state index contributed by atoms with van der Waals surface area (Å²) >= 11 is 0. The third-order valence-electron chi connectivity index (χ3n) is 6.51. The number of carbonyl (C=O) groups is 1. The number of hydrogen-bond donors (Lipinski definition) is 3. The summed E-state index contributed by atoms with van der Waals surface area (Å²) in [5, 5.41) is 3.17. The predicted octanol–water partition coefficient (Wildman–Crippen LogP) is 7.62. The Hall–Kier alpha value is -1.82. The minimum Gasteiger partial charge on any atom is -0.326 e. The van der Waals surface area contributed by atoms with Crippen LogP contribution in [0.4, 0.5) is 5.69 Å². The third kappa shape index (κ3) is 4.75. The number of fused-ring (bicyclic) bond motifs is 1. The number of amides is 1. The summed E-state index contributed by atoms with van der Waals surface area (Å²) in [6.07, 6.45) is 1.12. The van der Waals surface area contributed by atoms with Gasteiger partial charge in [0.25, 0.3) is 0 Å². The summed E-state index contributed by atoms with van der Waals surface area (Å²) in [7, 11) is -2.90. The van der Waals surface area contributed by atoms with Gasteiger partial charge in [-0.25, -0.2) is 0 Å². The van der Waals surface area contributed by atoms with Gasteiger partial charge in [0, 0.05) is 18.0 Å². The van der Waals surface area contributed by atoms with Crippen LogP contribution in [-0.4, -0.2) is 20.8 Å². The summed E-state index contributed by atoms with van der Waals surface area (Å²) < 4.78 is 22.3. The van der Waals surface area contributed by atoms with Gasteiger partial charge in [-0.3, -0.25) is 13.9 Å². The van der Waals surface area contributed by atoms with Crippen molar-refractivity contribution in [3.05, 3.63) is 57.6 Å². The van der Waals surface area contributed by atoms with E-state index in [0.29, 0.717) is 29.4 Å². The number of anilines is 1. The van der Waals surface area contributed by atoms with Crippen molar-refractivity contribution in [1.29, 1.82) is 0 Å². The molecular formula is C27H39NO3S. The number of benzene rings is 2. The minimum atomic E-state index is -2.90. The van der Waals surface area contributed by atoms with Gasteiger partial charge in [0.1, 0.15) is 0 Å². The molecule has 32 heavy (non-hydrogen) atoms. The van der Waals surface area contributed by atoms with Crippen LogP contribution in [0.15, 0.2) is 29.2 Å². The quantitative estimate of drug-likeness (QED) is 0.432. The first-order valence-corrected chi connectivity index (χ1v) is 13.3. The lowest BCUT2D eigenvalue weighted by Gasteiger charge is -2.31. The molecule has 2 aromatic rings. The number of carbonyl (C=O) groups excluding carboxylic acids is 1. The normalized spacial score (nSPS) is 18.5. The lowest BCUT2D eigenvalue weighted by Crippen LogP contribution is -2.21. The van der Waals surface area contributed by atoms with Gasteiger partial charge >= 0.3 is 0 Å². The van der Waals surface area contributed by atoms with E-state index in [2.05, 4.69) is 64.2 Å². The second kappa shape index (κ2) is 8.85. The molecule has 5 heteroatoms. The average Bonchev–Trinajstić information content (AvgIpc) is 2.96. The van der Waals surface area contributed by atoms with E-state index in [9.17, 15) is 13.9 Å². The zero-order chi connectivity index (χ0) is 24.0. The number of nitrogens with one attached hydrogen (secondary N) is 1. The van der Waals surface area contributed by atoms with Gasteiger partial charge in [-0.2, -0.15) is 10.6 Å². The minimum absolute atomic E-state index is 0.00635. The average molecular weight is 458 g/mol. The molecule has 4 nitrogen and oxygen atoms in total. The number of hydrogen-bond acceptors (Lipinski definition) is 3. The van der Waals surface area contributed by atoms with E-state index in [1.165, 1.54) is 5.56 Å². The molecule has 0 bridgehead atoms. The van der Waals surface area contributed by atoms with Crippen molar-refractivity contribution in [3.8, 4) is 0 Å². The second-order valence-electron chi connectivity index (χ2n) is 10.7. The zero-order valence-corrected chi connectivity index (χ0v) is 21.6. The van der Waals surface area contributed by atoms with Gasteiger partial charge in [0.05, 0.1) is 10.6 Å². The van der Waals surface area contributed by atoms with Crippen LogP contribution in [0, 0.1) is 19.3 Å². The Morgan fingerprint density at radius 2 is 1.72 bits per heavy atom. The maximum Gasteiger partial charge on any atom is 0.224 e. The first kappa shape index (κ1) is 24.8. The fourth-order valence-electron chi connectivity index (χ4n) is 4.92. The van der Waals surface area contributed by atoms with Gasteiger partial charge in [0.2, 0.25) is 5.91 Å². The van der Waals surface area contributed by atoms with Gasteiger partial charge in [0.15, 0.2) is 0 Å². The monoisotopic (exact) mass is 457 g/mol. The molecule has 0 spiro atoms. The fourth-order valence-corrected chi connectivity index (χ4v) is 7.25. The summed E-state index contributed by atoms with van der Waals surface area (Å²) in [5.41, 5.74) is 6.92. The SMILES string of the molecule is CCc1c(C)c(NC(=O)CC(C)(C)C)c(C)c2c1S(O)(O)CC2c1ccc(C(C)C)cc1.